The molecule has 0 unspecified atom stereocenters. The zero-order valence-electron chi connectivity index (χ0n) is 16.2. The molecule has 1 aliphatic heterocycles. The van der Waals surface area contributed by atoms with Crippen molar-refractivity contribution in [1.82, 2.24) is 0 Å². The minimum atomic E-state index is -1.62. The van der Waals surface area contributed by atoms with E-state index < -0.39 is 23.6 Å². The molecule has 4 heteroatoms. The Kier molecular flexibility index (Phi) is 5.57. The third-order valence-electron chi connectivity index (χ3n) is 4.74. The Morgan fingerprint density at radius 1 is 0.600 bits per heavy atom. The van der Waals surface area contributed by atoms with Crippen LogP contribution in [0.2, 0.25) is 0 Å². The molecular weight excluding hydrogens is 376 g/mol. The monoisotopic (exact) mass is 396 g/mol. The van der Waals surface area contributed by atoms with Crippen LogP contribution in [-0.4, -0.2) is 17.7 Å². The third kappa shape index (κ3) is 4.39. The second-order valence-electron chi connectivity index (χ2n) is 6.90. The smallest absolute Gasteiger partial charge is 0.328 e. The fraction of sp³-hybridized carbons (Fsp3) is 0.0769. The molecule has 1 aliphatic rings. The van der Waals surface area contributed by atoms with Crippen LogP contribution >= 0.6 is 0 Å². The van der Waals surface area contributed by atoms with Gasteiger partial charge < -0.3 is 9.47 Å². The van der Waals surface area contributed by atoms with Crippen molar-refractivity contribution in [2.75, 3.05) is 0 Å². The van der Waals surface area contributed by atoms with Crippen LogP contribution in [0.4, 0.5) is 0 Å². The van der Waals surface area contributed by atoms with E-state index in [9.17, 15) is 9.59 Å². The van der Waals surface area contributed by atoms with Gasteiger partial charge in [-0.05, 0) is 16.7 Å². The molecule has 0 aromatic heterocycles. The average Bonchev–Trinajstić information content (AvgIpc) is 2.78. The lowest BCUT2D eigenvalue weighted by molar-refractivity contribution is -0.216. The van der Waals surface area contributed by atoms with Gasteiger partial charge in [0.1, 0.15) is 0 Å². The van der Waals surface area contributed by atoms with Crippen molar-refractivity contribution in [2.24, 2.45) is 0 Å². The molecule has 148 valence electrons. The molecule has 4 nitrogen and oxygen atoms in total. The van der Waals surface area contributed by atoms with Gasteiger partial charge in [-0.1, -0.05) is 103 Å². The number of esters is 2. The van der Waals surface area contributed by atoms with E-state index in [0.29, 0.717) is 5.56 Å². The molecule has 30 heavy (non-hydrogen) atoms. The summed E-state index contributed by atoms with van der Waals surface area (Å²) in [6.07, 6.45) is 6.69. The van der Waals surface area contributed by atoms with E-state index in [-0.39, 0.29) is 0 Å². The summed E-state index contributed by atoms with van der Waals surface area (Å²) in [6.45, 7) is 0. The molecule has 0 aliphatic carbocycles. The first-order valence-corrected chi connectivity index (χ1v) is 9.64. The maximum Gasteiger partial charge on any atom is 0.328 e. The number of hydrogen-bond acceptors (Lipinski definition) is 4. The van der Waals surface area contributed by atoms with E-state index in [1.54, 1.807) is 48.6 Å². The number of rotatable bonds is 5. The van der Waals surface area contributed by atoms with Gasteiger partial charge in [-0.2, -0.15) is 0 Å². The Bertz CT molecular complexity index is 1000. The molecule has 0 radical (unpaired) electrons. The summed E-state index contributed by atoms with van der Waals surface area (Å²) in [5.74, 6) is -4.01. The van der Waals surface area contributed by atoms with Gasteiger partial charge in [0.2, 0.25) is 0 Å². The van der Waals surface area contributed by atoms with Crippen molar-refractivity contribution in [1.29, 1.82) is 0 Å². The topological polar surface area (TPSA) is 52.6 Å². The van der Waals surface area contributed by atoms with Crippen LogP contribution in [0, 0.1) is 0 Å². The second-order valence-corrected chi connectivity index (χ2v) is 6.90. The first-order chi connectivity index (χ1) is 14.7. The number of benzene rings is 3. The Morgan fingerprint density at radius 3 is 1.43 bits per heavy atom. The maximum absolute atomic E-state index is 12.9. The van der Waals surface area contributed by atoms with Crippen molar-refractivity contribution in [3.63, 3.8) is 0 Å². The Balaban J connectivity index is 1.67. The number of carbonyl (C=O) groups is 2. The van der Waals surface area contributed by atoms with Crippen molar-refractivity contribution in [2.45, 2.75) is 11.7 Å². The summed E-state index contributed by atoms with van der Waals surface area (Å²) >= 11 is 0. The summed E-state index contributed by atoms with van der Waals surface area (Å²) < 4.78 is 11.4. The molecule has 3 aromatic carbocycles. The first kappa shape index (κ1) is 19.4. The van der Waals surface area contributed by atoms with Crippen molar-refractivity contribution >= 4 is 24.1 Å². The molecule has 0 saturated carbocycles. The van der Waals surface area contributed by atoms with Gasteiger partial charge in [0, 0.05) is 12.2 Å². The standard InChI is InChI=1S/C26H20O4/c27-24-23(22-14-8-3-9-15-22)25(28)30-26(29-24,18-16-20-10-4-1-5-11-20)19-17-21-12-6-2-7-13-21/h1-19,23H/b18-16+,19-17+. The van der Waals surface area contributed by atoms with E-state index in [4.69, 9.17) is 9.47 Å². The van der Waals surface area contributed by atoms with E-state index in [1.165, 1.54) is 0 Å². The highest BCUT2D eigenvalue weighted by molar-refractivity contribution is 6.02. The molecule has 1 fully saturated rings. The van der Waals surface area contributed by atoms with E-state index in [0.717, 1.165) is 11.1 Å². The molecule has 0 spiro atoms. The van der Waals surface area contributed by atoms with Crippen LogP contribution in [0.3, 0.4) is 0 Å². The normalized spacial score (nSPS) is 16.5. The number of carbonyl (C=O) groups excluding carboxylic acids is 2. The molecule has 0 amide bonds. The minimum Gasteiger partial charge on any atom is -0.414 e. The number of ether oxygens (including phenoxy) is 2. The maximum atomic E-state index is 12.9. The largest absolute Gasteiger partial charge is 0.414 e. The van der Waals surface area contributed by atoms with Crippen molar-refractivity contribution in [3.05, 3.63) is 120 Å². The summed E-state index contributed by atoms with van der Waals surface area (Å²) in [5, 5.41) is 0. The highest BCUT2D eigenvalue weighted by atomic mass is 16.7. The van der Waals surface area contributed by atoms with E-state index in [1.807, 2.05) is 66.7 Å². The molecule has 0 N–H and O–H groups in total. The van der Waals surface area contributed by atoms with Gasteiger partial charge in [0.05, 0.1) is 0 Å². The molecule has 4 rings (SSSR count). The van der Waals surface area contributed by atoms with Crippen LogP contribution < -0.4 is 0 Å². The third-order valence-corrected chi connectivity index (χ3v) is 4.74. The van der Waals surface area contributed by atoms with Gasteiger partial charge in [0.25, 0.3) is 5.79 Å². The van der Waals surface area contributed by atoms with Gasteiger partial charge in [-0.15, -0.1) is 0 Å². The SMILES string of the molecule is O=C1OC(/C=C/c2ccccc2)(/C=C/c2ccccc2)OC(=O)C1c1ccccc1. The first-order valence-electron chi connectivity index (χ1n) is 9.64. The minimum absolute atomic E-state index is 0.542. The lowest BCUT2D eigenvalue weighted by Crippen LogP contribution is -2.46. The molecule has 0 bridgehead atoms. The number of hydrogen-bond donors (Lipinski definition) is 0. The van der Waals surface area contributed by atoms with Gasteiger partial charge in [0.15, 0.2) is 5.92 Å². The molecule has 0 atom stereocenters. The molecule has 1 heterocycles. The van der Waals surface area contributed by atoms with Crippen LogP contribution in [0.15, 0.2) is 103 Å². The van der Waals surface area contributed by atoms with Gasteiger partial charge >= 0.3 is 11.9 Å². The Morgan fingerprint density at radius 2 is 1.00 bits per heavy atom. The highest BCUT2D eigenvalue weighted by Crippen LogP contribution is 2.33. The fourth-order valence-corrected chi connectivity index (χ4v) is 3.21. The highest BCUT2D eigenvalue weighted by Gasteiger charge is 2.46. The summed E-state index contributed by atoms with van der Waals surface area (Å²) in [6, 6.07) is 27.8. The number of cyclic esters (lactones) is 2. The predicted octanol–water partition coefficient (Wildman–Crippen LogP) is 4.99. The van der Waals surface area contributed by atoms with Crippen LogP contribution in [-0.2, 0) is 19.1 Å². The lowest BCUT2D eigenvalue weighted by Gasteiger charge is -2.34. The van der Waals surface area contributed by atoms with Gasteiger partial charge in [-0.25, -0.2) is 0 Å². The average molecular weight is 396 g/mol. The van der Waals surface area contributed by atoms with Gasteiger partial charge in [-0.3, -0.25) is 9.59 Å². The zero-order chi connectivity index (χ0) is 20.8. The quantitative estimate of drug-likeness (QED) is 0.450. The van der Waals surface area contributed by atoms with E-state index >= 15 is 0 Å². The summed E-state index contributed by atoms with van der Waals surface area (Å²) in [7, 11) is 0. The predicted molar refractivity (Wildman–Crippen MR) is 115 cm³/mol. The lowest BCUT2D eigenvalue weighted by atomic mass is 9.97. The Labute approximate surface area is 175 Å². The molecule has 3 aromatic rings. The molecular formula is C26H20O4. The molecule has 1 saturated heterocycles. The summed E-state index contributed by atoms with van der Waals surface area (Å²) in [5.41, 5.74) is 2.32. The Hall–Kier alpha value is -3.92. The second kappa shape index (κ2) is 8.62. The van der Waals surface area contributed by atoms with Crippen LogP contribution in [0.1, 0.15) is 22.6 Å². The van der Waals surface area contributed by atoms with Crippen molar-refractivity contribution < 1.29 is 19.1 Å². The zero-order valence-corrected chi connectivity index (χ0v) is 16.2. The summed E-state index contributed by atoms with van der Waals surface area (Å²) in [4.78, 5) is 25.7. The fourth-order valence-electron chi connectivity index (χ4n) is 3.21. The van der Waals surface area contributed by atoms with Crippen LogP contribution in [0.25, 0.3) is 12.2 Å². The van der Waals surface area contributed by atoms with E-state index in [2.05, 4.69) is 0 Å². The van der Waals surface area contributed by atoms with Crippen molar-refractivity contribution in [3.8, 4) is 0 Å². The van der Waals surface area contributed by atoms with Crippen LogP contribution in [0.5, 0.6) is 0 Å².